The molecule has 0 unspecified atom stereocenters. The minimum atomic E-state index is -0.508. The molecule has 1 aliphatic rings. The number of hydrogen-bond acceptors (Lipinski definition) is 5. The minimum Gasteiger partial charge on any atom is -0.423 e. The molecule has 0 radical (unpaired) electrons. The molecule has 2 aromatic carbocycles. The normalized spacial score (nSPS) is 14.6. The van der Waals surface area contributed by atoms with E-state index in [1.807, 2.05) is 12.1 Å². The molecular weight excluding hydrogens is 391 g/mol. The fourth-order valence-corrected chi connectivity index (χ4v) is 4.53. The summed E-state index contributed by atoms with van der Waals surface area (Å²) in [5.41, 5.74) is 1.20. The van der Waals surface area contributed by atoms with E-state index in [1.54, 1.807) is 29.5 Å². The Balaban J connectivity index is 1.56. The Morgan fingerprint density at radius 2 is 1.88 bits per heavy atom. The Morgan fingerprint density at radius 3 is 2.65 bits per heavy atom. The Kier molecular flexibility index (Phi) is 5.02. The molecule has 26 heavy (non-hydrogen) atoms. The van der Waals surface area contributed by atoms with Crippen molar-refractivity contribution < 1.29 is 9.53 Å². The molecule has 7 heteroatoms. The van der Waals surface area contributed by atoms with Gasteiger partial charge < -0.3 is 9.64 Å². The summed E-state index contributed by atoms with van der Waals surface area (Å²) in [6.07, 6.45) is 3.70. The van der Waals surface area contributed by atoms with Crippen molar-refractivity contribution in [2.45, 2.75) is 19.3 Å². The number of rotatable bonds is 3. The minimum absolute atomic E-state index is 0.272. The monoisotopic (exact) mass is 406 g/mol. The summed E-state index contributed by atoms with van der Waals surface area (Å²) in [4.78, 5) is 19.4. The van der Waals surface area contributed by atoms with Gasteiger partial charge in [0, 0.05) is 24.2 Å². The lowest BCUT2D eigenvalue weighted by molar-refractivity contribution is 0.0735. The molecule has 4 nitrogen and oxygen atoms in total. The van der Waals surface area contributed by atoms with Gasteiger partial charge >= 0.3 is 5.97 Å². The SMILES string of the molecule is O=C(Oc1ccc2nc(N3CCCCC3)sc2c1)c1ccc(Cl)cc1Cl. The van der Waals surface area contributed by atoms with Crippen LogP contribution in [0.25, 0.3) is 10.2 Å². The van der Waals surface area contributed by atoms with E-state index in [2.05, 4.69) is 4.90 Å². The van der Waals surface area contributed by atoms with E-state index in [4.69, 9.17) is 32.9 Å². The van der Waals surface area contributed by atoms with Crippen molar-refractivity contribution in [3.63, 3.8) is 0 Å². The van der Waals surface area contributed by atoms with Crippen LogP contribution >= 0.6 is 34.5 Å². The maximum Gasteiger partial charge on any atom is 0.345 e. The van der Waals surface area contributed by atoms with Crippen LogP contribution in [-0.4, -0.2) is 24.0 Å². The summed E-state index contributed by atoms with van der Waals surface area (Å²) in [5, 5.41) is 1.78. The third-order valence-electron chi connectivity index (χ3n) is 4.34. The van der Waals surface area contributed by atoms with E-state index in [0.717, 1.165) is 28.4 Å². The number of esters is 1. The summed E-state index contributed by atoms with van der Waals surface area (Å²) >= 11 is 13.6. The van der Waals surface area contributed by atoms with Gasteiger partial charge in [-0.1, -0.05) is 34.5 Å². The Morgan fingerprint density at radius 1 is 1.08 bits per heavy atom. The second kappa shape index (κ2) is 7.43. The van der Waals surface area contributed by atoms with Crippen LogP contribution in [0.3, 0.4) is 0 Å². The highest BCUT2D eigenvalue weighted by Gasteiger charge is 2.17. The highest BCUT2D eigenvalue weighted by molar-refractivity contribution is 7.22. The molecule has 0 atom stereocenters. The summed E-state index contributed by atoms with van der Waals surface area (Å²) in [7, 11) is 0. The summed E-state index contributed by atoms with van der Waals surface area (Å²) in [6, 6.07) is 10.2. The van der Waals surface area contributed by atoms with Crippen molar-refractivity contribution >= 4 is 55.9 Å². The first-order chi connectivity index (χ1) is 12.6. The van der Waals surface area contributed by atoms with Gasteiger partial charge in [0.05, 0.1) is 20.8 Å². The van der Waals surface area contributed by atoms with Gasteiger partial charge in [-0.05, 0) is 49.6 Å². The highest BCUT2D eigenvalue weighted by atomic mass is 35.5. The second-order valence-corrected chi connectivity index (χ2v) is 8.04. The molecule has 1 saturated heterocycles. The molecule has 1 fully saturated rings. The van der Waals surface area contributed by atoms with Crippen LogP contribution in [-0.2, 0) is 0 Å². The molecule has 0 aliphatic carbocycles. The van der Waals surface area contributed by atoms with Gasteiger partial charge in [-0.15, -0.1) is 0 Å². The maximum absolute atomic E-state index is 12.4. The van der Waals surface area contributed by atoms with Crippen molar-refractivity contribution in [3.05, 3.63) is 52.0 Å². The van der Waals surface area contributed by atoms with E-state index in [0.29, 0.717) is 10.8 Å². The van der Waals surface area contributed by atoms with Gasteiger partial charge in [0.25, 0.3) is 0 Å². The predicted octanol–water partition coefficient (Wildman–Crippen LogP) is 5.81. The van der Waals surface area contributed by atoms with E-state index in [9.17, 15) is 4.79 Å². The van der Waals surface area contributed by atoms with Gasteiger partial charge in [-0.2, -0.15) is 0 Å². The zero-order chi connectivity index (χ0) is 18.1. The van der Waals surface area contributed by atoms with Crippen LogP contribution in [0.15, 0.2) is 36.4 Å². The number of aromatic nitrogens is 1. The molecule has 0 amide bonds. The Labute approximate surface area is 165 Å². The molecule has 1 aromatic heterocycles. The Bertz CT molecular complexity index is 967. The number of carbonyl (C=O) groups excluding carboxylic acids is 1. The number of hydrogen-bond donors (Lipinski definition) is 0. The number of fused-ring (bicyclic) bond motifs is 1. The number of ether oxygens (including phenoxy) is 1. The number of nitrogens with zero attached hydrogens (tertiary/aromatic N) is 2. The number of halogens is 2. The Hall–Kier alpha value is -1.82. The molecule has 0 bridgehead atoms. The van der Waals surface area contributed by atoms with Crippen molar-refractivity contribution in [2.75, 3.05) is 18.0 Å². The van der Waals surface area contributed by atoms with Crippen LogP contribution < -0.4 is 9.64 Å². The van der Waals surface area contributed by atoms with Crippen LogP contribution in [0, 0.1) is 0 Å². The van der Waals surface area contributed by atoms with Gasteiger partial charge in [-0.3, -0.25) is 0 Å². The van der Waals surface area contributed by atoms with Gasteiger partial charge in [0.1, 0.15) is 5.75 Å². The summed E-state index contributed by atoms with van der Waals surface area (Å²) in [5.74, 6) is -0.0332. The fraction of sp³-hybridized carbons (Fsp3) is 0.263. The molecule has 0 saturated carbocycles. The zero-order valence-electron chi connectivity index (χ0n) is 13.9. The second-order valence-electron chi connectivity index (χ2n) is 6.19. The number of thiazole rings is 1. The topological polar surface area (TPSA) is 42.4 Å². The first-order valence-corrected chi connectivity index (χ1v) is 10.0. The van der Waals surface area contributed by atoms with Gasteiger partial charge in [0.2, 0.25) is 0 Å². The van der Waals surface area contributed by atoms with Crippen molar-refractivity contribution in [1.29, 1.82) is 0 Å². The molecule has 134 valence electrons. The molecule has 0 spiro atoms. The third kappa shape index (κ3) is 3.65. The van der Waals surface area contributed by atoms with Gasteiger partial charge in [0.15, 0.2) is 5.13 Å². The fourth-order valence-electron chi connectivity index (χ4n) is 2.99. The average Bonchev–Trinajstić information content (AvgIpc) is 3.05. The van der Waals surface area contributed by atoms with Crippen LogP contribution in [0.1, 0.15) is 29.6 Å². The molecule has 4 rings (SSSR count). The van der Waals surface area contributed by atoms with E-state index >= 15 is 0 Å². The number of carbonyl (C=O) groups is 1. The van der Waals surface area contributed by atoms with E-state index in [1.165, 1.54) is 25.3 Å². The van der Waals surface area contributed by atoms with Crippen LogP contribution in [0.2, 0.25) is 10.0 Å². The lowest BCUT2D eigenvalue weighted by Crippen LogP contribution is -2.29. The van der Waals surface area contributed by atoms with Crippen LogP contribution in [0.5, 0.6) is 5.75 Å². The predicted molar refractivity (Wildman–Crippen MR) is 107 cm³/mol. The molecule has 1 aliphatic heterocycles. The smallest absolute Gasteiger partial charge is 0.345 e. The maximum atomic E-state index is 12.4. The first-order valence-electron chi connectivity index (χ1n) is 8.43. The van der Waals surface area contributed by atoms with E-state index < -0.39 is 5.97 Å². The lowest BCUT2D eigenvalue weighted by atomic mass is 10.1. The lowest BCUT2D eigenvalue weighted by Gasteiger charge is -2.25. The van der Waals surface area contributed by atoms with Crippen molar-refractivity contribution in [2.24, 2.45) is 0 Å². The summed E-state index contributed by atoms with van der Waals surface area (Å²) < 4.78 is 6.48. The van der Waals surface area contributed by atoms with E-state index in [-0.39, 0.29) is 10.6 Å². The highest BCUT2D eigenvalue weighted by Crippen LogP contribution is 2.33. The number of anilines is 1. The largest absolute Gasteiger partial charge is 0.423 e. The van der Waals surface area contributed by atoms with Gasteiger partial charge in [-0.25, -0.2) is 9.78 Å². The standard InChI is InChI=1S/C19H16Cl2N2O2S/c20-12-4-6-14(15(21)10-12)18(24)25-13-5-7-16-17(11-13)26-19(22-16)23-8-2-1-3-9-23/h4-7,10-11H,1-3,8-9H2. The zero-order valence-corrected chi connectivity index (χ0v) is 16.2. The first kappa shape index (κ1) is 17.6. The molecular formula is C19H16Cl2N2O2S. The van der Waals surface area contributed by atoms with Crippen molar-refractivity contribution in [3.8, 4) is 5.75 Å². The molecule has 3 aromatic rings. The molecule has 0 N–H and O–H groups in total. The van der Waals surface area contributed by atoms with Crippen LogP contribution in [0.4, 0.5) is 5.13 Å². The summed E-state index contributed by atoms with van der Waals surface area (Å²) in [6.45, 7) is 2.10. The average molecular weight is 407 g/mol. The quantitative estimate of drug-likeness (QED) is 0.406. The molecule has 2 heterocycles. The number of benzene rings is 2. The van der Waals surface area contributed by atoms with Crippen molar-refractivity contribution in [1.82, 2.24) is 4.98 Å². The number of piperidine rings is 1. The third-order valence-corrected chi connectivity index (χ3v) is 5.96.